The van der Waals surface area contributed by atoms with Crippen LogP contribution in [0.5, 0.6) is 0 Å². The first-order chi connectivity index (χ1) is 2.41. The van der Waals surface area contributed by atoms with E-state index in [4.69, 9.17) is 0 Å². The van der Waals surface area contributed by atoms with Crippen LogP contribution in [0.2, 0.25) is 0 Å². The van der Waals surface area contributed by atoms with Crippen molar-refractivity contribution in [2.75, 3.05) is 0 Å². The van der Waals surface area contributed by atoms with Gasteiger partial charge in [-0.05, 0) is 0 Å². The zero-order chi connectivity index (χ0) is 4.12. The van der Waals surface area contributed by atoms with E-state index >= 15 is 0 Å². The molecule has 0 aromatic heterocycles. The summed E-state index contributed by atoms with van der Waals surface area (Å²) < 4.78 is 0. The van der Waals surface area contributed by atoms with Crippen LogP contribution < -0.4 is 0 Å². The van der Waals surface area contributed by atoms with E-state index < -0.39 is 0 Å². The van der Waals surface area contributed by atoms with Gasteiger partial charge in [0.05, 0.1) is 0 Å². The molecule has 0 aromatic carbocycles. The molecule has 0 saturated carbocycles. The third-order valence-corrected chi connectivity index (χ3v) is 0.263. The molecule has 0 aromatic rings. The summed E-state index contributed by atoms with van der Waals surface area (Å²) in [5.74, 6) is 0. The molecule has 0 spiro atoms. The van der Waals surface area contributed by atoms with Gasteiger partial charge in [0.2, 0.25) is 0 Å². The topological polar surface area (TPSA) is 17.1 Å². The van der Waals surface area contributed by atoms with Crippen LogP contribution in [-0.4, -0.2) is 6.29 Å². The fourth-order valence-corrected chi connectivity index (χ4v) is 0.0680. The van der Waals surface area contributed by atoms with Gasteiger partial charge in [-0.25, -0.2) is 0 Å². The summed E-state index contributed by atoms with van der Waals surface area (Å²) >= 11 is 0. The van der Waals surface area contributed by atoms with Crippen molar-refractivity contribution in [1.82, 2.24) is 0 Å². The standard InChI is InChI=1S/C4H6O.Pt/c1-2-3-4-5;/h2,4H,1,3H2;. The Labute approximate surface area is 51.7 Å². The summed E-state index contributed by atoms with van der Waals surface area (Å²) in [6, 6.07) is 0. The second-order valence-electron chi connectivity index (χ2n) is 0.691. The van der Waals surface area contributed by atoms with E-state index in [2.05, 4.69) is 6.58 Å². The smallest absolute Gasteiger partial charge is 0.123 e. The minimum absolute atomic E-state index is 0. The van der Waals surface area contributed by atoms with Gasteiger partial charge in [-0.3, -0.25) is 0 Å². The summed E-state index contributed by atoms with van der Waals surface area (Å²) in [4.78, 5) is 9.33. The Morgan fingerprint density at radius 2 is 2.17 bits per heavy atom. The van der Waals surface area contributed by atoms with Crippen LogP contribution in [-0.2, 0) is 25.9 Å². The average molecular weight is 265 g/mol. The van der Waals surface area contributed by atoms with Gasteiger partial charge in [0.1, 0.15) is 6.29 Å². The van der Waals surface area contributed by atoms with Crippen LogP contribution in [0.15, 0.2) is 12.7 Å². The normalized spacial score (nSPS) is 5.33. The molecule has 0 fully saturated rings. The molecule has 0 aliphatic rings. The van der Waals surface area contributed by atoms with Crippen LogP contribution in [0.1, 0.15) is 6.42 Å². The Balaban J connectivity index is 0. The Morgan fingerprint density at radius 1 is 1.67 bits per heavy atom. The van der Waals surface area contributed by atoms with Gasteiger partial charge in [-0.2, -0.15) is 0 Å². The number of allylic oxidation sites excluding steroid dienone is 1. The summed E-state index contributed by atoms with van der Waals surface area (Å²) in [6.45, 7) is 3.32. The Hall–Kier alpha value is 0.0983. The molecular weight excluding hydrogens is 259 g/mol. The molecule has 0 saturated heterocycles. The zero-order valence-corrected chi connectivity index (χ0v) is 5.57. The van der Waals surface area contributed by atoms with E-state index in [9.17, 15) is 4.79 Å². The van der Waals surface area contributed by atoms with Gasteiger partial charge in [0, 0.05) is 27.5 Å². The number of hydrogen-bond donors (Lipinski definition) is 0. The third kappa shape index (κ3) is 8.94. The van der Waals surface area contributed by atoms with E-state index in [1.807, 2.05) is 0 Å². The maximum Gasteiger partial charge on any atom is 0.123 e. The van der Waals surface area contributed by atoms with Crippen LogP contribution >= 0.6 is 0 Å². The Morgan fingerprint density at radius 3 is 2.17 bits per heavy atom. The molecule has 2 heteroatoms. The molecule has 0 aliphatic heterocycles. The predicted octanol–water partition coefficient (Wildman–Crippen LogP) is 0.759. The van der Waals surface area contributed by atoms with Crippen LogP contribution in [0.25, 0.3) is 0 Å². The van der Waals surface area contributed by atoms with Gasteiger partial charge in [0.15, 0.2) is 0 Å². The SMILES string of the molecule is C=CCC=O.[Pt]. The summed E-state index contributed by atoms with van der Waals surface area (Å²) in [7, 11) is 0. The van der Waals surface area contributed by atoms with E-state index in [1.165, 1.54) is 0 Å². The van der Waals surface area contributed by atoms with Crippen molar-refractivity contribution < 1.29 is 25.9 Å². The van der Waals surface area contributed by atoms with Crippen molar-refractivity contribution in [3.05, 3.63) is 12.7 Å². The average Bonchev–Trinajstić information content (AvgIpc) is 1.41. The number of aldehydes is 1. The maximum atomic E-state index is 9.33. The summed E-state index contributed by atoms with van der Waals surface area (Å²) in [6.07, 6.45) is 2.85. The fourth-order valence-electron chi connectivity index (χ4n) is 0.0680. The molecule has 0 atom stereocenters. The zero-order valence-electron chi connectivity index (χ0n) is 3.29. The van der Waals surface area contributed by atoms with Gasteiger partial charge in [-0.15, -0.1) is 6.58 Å². The van der Waals surface area contributed by atoms with Crippen molar-refractivity contribution in [2.45, 2.75) is 6.42 Å². The molecule has 0 N–H and O–H groups in total. The molecule has 0 aliphatic carbocycles. The number of rotatable bonds is 2. The van der Waals surface area contributed by atoms with E-state index in [0.717, 1.165) is 6.29 Å². The molecule has 6 heavy (non-hydrogen) atoms. The molecule has 0 amide bonds. The number of carbonyl (C=O) groups is 1. The summed E-state index contributed by atoms with van der Waals surface area (Å²) in [5, 5.41) is 0. The third-order valence-electron chi connectivity index (χ3n) is 0.263. The largest absolute Gasteiger partial charge is 0.303 e. The van der Waals surface area contributed by atoms with Gasteiger partial charge in [-0.1, -0.05) is 6.08 Å². The van der Waals surface area contributed by atoms with Crippen LogP contribution in [0.3, 0.4) is 0 Å². The van der Waals surface area contributed by atoms with Crippen molar-refractivity contribution in [3.8, 4) is 0 Å². The quantitative estimate of drug-likeness (QED) is 0.532. The minimum Gasteiger partial charge on any atom is -0.303 e. The predicted molar refractivity (Wildman–Crippen MR) is 20.9 cm³/mol. The van der Waals surface area contributed by atoms with E-state index in [0.29, 0.717) is 6.42 Å². The first-order valence-electron chi connectivity index (χ1n) is 1.46. The fraction of sp³-hybridized carbons (Fsp3) is 0.250. The van der Waals surface area contributed by atoms with Crippen molar-refractivity contribution in [3.63, 3.8) is 0 Å². The van der Waals surface area contributed by atoms with E-state index in [-0.39, 0.29) is 21.1 Å². The maximum absolute atomic E-state index is 9.33. The second-order valence-corrected chi connectivity index (χ2v) is 0.691. The summed E-state index contributed by atoms with van der Waals surface area (Å²) in [5.41, 5.74) is 0. The molecule has 0 heterocycles. The van der Waals surface area contributed by atoms with Crippen molar-refractivity contribution in [1.29, 1.82) is 0 Å². The Bertz CT molecular complexity index is 36.8. The van der Waals surface area contributed by atoms with Gasteiger partial charge in [0.25, 0.3) is 0 Å². The monoisotopic (exact) mass is 265 g/mol. The molecule has 0 bridgehead atoms. The van der Waals surface area contributed by atoms with Crippen LogP contribution in [0, 0.1) is 0 Å². The van der Waals surface area contributed by atoms with Crippen LogP contribution in [0.4, 0.5) is 0 Å². The van der Waals surface area contributed by atoms with Crippen molar-refractivity contribution >= 4 is 6.29 Å². The molecule has 0 radical (unpaired) electrons. The first kappa shape index (κ1) is 9.44. The molecule has 38 valence electrons. The molecule has 1 nitrogen and oxygen atoms in total. The Kier molecular flexibility index (Phi) is 14.0. The second kappa shape index (κ2) is 8.92. The molecule has 0 unspecified atom stereocenters. The number of carbonyl (C=O) groups excluding carboxylic acids is 1. The van der Waals surface area contributed by atoms with Gasteiger partial charge >= 0.3 is 0 Å². The minimum atomic E-state index is 0. The van der Waals surface area contributed by atoms with E-state index in [1.54, 1.807) is 6.08 Å². The van der Waals surface area contributed by atoms with Crippen molar-refractivity contribution in [2.24, 2.45) is 0 Å². The van der Waals surface area contributed by atoms with Gasteiger partial charge < -0.3 is 4.79 Å². The first-order valence-corrected chi connectivity index (χ1v) is 1.46. The molecular formula is C4H6OPt. The molecule has 0 rings (SSSR count). The number of hydrogen-bond acceptors (Lipinski definition) is 1.